The van der Waals surface area contributed by atoms with Gasteiger partial charge < -0.3 is 16.4 Å². The molecule has 0 radical (unpaired) electrons. The van der Waals surface area contributed by atoms with Crippen molar-refractivity contribution in [2.75, 3.05) is 18.9 Å². The highest BCUT2D eigenvalue weighted by Gasteiger charge is 2.16. The van der Waals surface area contributed by atoms with Crippen LogP contribution in [-0.4, -0.2) is 13.6 Å². The first kappa shape index (κ1) is 13.0. The van der Waals surface area contributed by atoms with E-state index in [0.29, 0.717) is 12.2 Å². The van der Waals surface area contributed by atoms with Gasteiger partial charge in [-0.1, -0.05) is 43.5 Å². The average molecular weight is 253 g/mol. The highest BCUT2D eigenvalue weighted by Crippen LogP contribution is 2.29. The molecule has 1 aliphatic rings. The fourth-order valence-corrected chi connectivity index (χ4v) is 2.28. The highest BCUT2D eigenvalue weighted by atomic mass is 14.9. The lowest BCUT2D eigenvalue weighted by molar-refractivity contribution is 0.996. The largest absolute Gasteiger partial charge is 0.396 e. The van der Waals surface area contributed by atoms with Crippen LogP contribution in [0.3, 0.4) is 0 Å². The van der Waals surface area contributed by atoms with Gasteiger partial charge in [-0.2, -0.15) is 0 Å². The minimum Gasteiger partial charge on any atom is -0.396 e. The molecular weight excluding hydrogens is 234 g/mol. The Bertz CT molecular complexity index is 579. The molecule has 0 bridgehead atoms. The molecule has 19 heavy (non-hydrogen) atoms. The van der Waals surface area contributed by atoms with Crippen molar-refractivity contribution in [2.24, 2.45) is 5.73 Å². The van der Waals surface area contributed by atoms with E-state index in [9.17, 15) is 0 Å². The van der Waals surface area contributed by atoms with E-state index < -0.39 is 0 Å². The normalized spacial score (nSPS) is 22.6. The van der Waals surface area contributed by atoms with E-state index in [1.165, 1.54) is 0 Å². The standard InChI is InChI=1S/C16H19N3/c1-4-11-10-19-14-9-7-6-8-13(14)15(17)16(18-3)12(11)5-2/h4-9,18-19H,1-2,10,17H2,3H3/b12-11-,16-15-. The van der Waals surface area contributed by atoms with Crippen LogP contribution in [0.2, 0.25) is 0 Å². The van der Waals surface area contributed by atoms with E-state index in [4.69, 9.17) is 5.73 Å². The average Bonchev–Trinajstić information content (AvgIpc) is 2.45. The monoisotopic (exact) mass is 253 g/mol. The van der Waals surface area contributed by atoms with Gasteiger partial charge in [0.1, 0.15) is 0 Å². The summed E-state index contributed by atoms with van der Waals surface area (Å²) in [7, 11) is 1.87. The lowest BCUT2D eigenvalue weighted by atomic mass is 9.97. The topological polar surface area (TPSA) is 50.1 Å². The molecule has 0 unspecified atom stereocenters. The third kappa shape index (κ3) is 2.27. The molecular formula is C16H19N3. The second kappa shape index (κ2) is 5.48. The molecule has 1 aliphatic heterocycles. The Morgan fingerprint density at radius 3 is 2.63 bits per heavy atom. The third-order valence-corrected chi connectivity index (χ3v) is 3.27. The summed E-state index contributed by atoms with van der Waals surface area (Å²) in [4.78, 5) is 0. The van der Waals surface area contributed by atoms with Crippen molar-refractivity contribution < 1.29 is 0 Å². The molecule has 0 saturated heterocycles. The van der Waals surface area contributed by atoms with Crippen LogP contribution in [0.15, 0.2) is 66.4 Å². The van der Waals surface area contributed by atoms with Gasteiger partial charge in [-0.25, -0.2) is 0 Å². The van der Waals surface area contributed by atoms with Crippen molar-refractivity contribution in [3.63, 3.8) is 0 Å². The molecule has 0 aliphatic carbocycles. The smallest absolute Gasteiger partial charge is 0.0655 e. The molecule has 1 heterocycles. The number of para-hydroxylation sites is 1. The predicted molar refractivity (Wildman–Crippen MR) is 82.5 cm³/mol. The number of nitrogens with one attached hydrogen (secondary N) is 2. The fraction of sp³-hybridized carbons (Fsp3) is 0.125. The maximum absolute atomic E-state index is 6.31. The Morgan fingerprint density at radius 2 is 2.00 bits per heavy atom. The van der Waals surface area contributed by atoms with E-state index in [0.717, 1.165) is 28.1 Å². The Labute approximate surface area is 114 Å². The Balaban J connectivity index is 2.73. The second-order valence-corrected chi connectivity index (χ2v) is 4.28. The van der Waals surface area contributed by atoms with Crippen LogP contribution in [-0.2, 0) is 0 Å². The number of allylic oxidation sites excluding steroid dienone is 1. The van der Waals surface area contributed by atoms with Gasteiger partial charge in [0.05, 0.1) is 11.4 Å². The van der Waals surface area contributed by atoms with E-state index in [-0.39, 0.29) is 0 Å². The van der Waals surface area contributed by atoms with Crippen LogP contribution in [0.5, 0.6) is 0 Å². The number of rotatable bonds is 3. The summed E-state index contributed by atoms with van der Waals surface area (Å²) in [6.07, 6.45) is 3.65. The lowest BCUT2D eigenvalue weighted by Crippen LogP contribution is -2.20. The van der Waals surface area contributed by atoms with Gasteiger partial charge in [-0.05, 0) is 11.6 Å². The lowest BCUT2D eigenvalue weighted by Gasteiger charge is -2.22. The molecule has 3 heteroatoms. The van der Waals surface area contributed by atoms with Gasteiger partial charge in [-0.15, -0.1) is 0 Å². The molecule has 0 fully saturated rings. The van der Waals surface area contributed by atoms with Crippen molar-refractivity contribution in [2.45, 2.75) is 0 Å². The predicted octanol–water partition coefficient (Wildman–Crippen LogP) is 2.63. The number of likely N-dealkylation sites (N-methyl/N-ethyl adjacent to an activating group) is 1. The first-order valence-electron chi connectivity index (χ1n) is 6.22. The maximum atomic E-state index is 6.31. The molecule has 0 saturated carbocycles. The van der Waals surface area contributed by atoms with Crippen molar-refractivity contribution in [1.29, 1.82) is 0 Å². The molecule has 4 N–H and O–H groups in total. The first-order valence-corrected chi connectivity index (χ1v) is 6.22. The van der Waals surface area contributed by atoms with Crippen LogP contribution < -0.4 is 16.4 Å². The quantitative estimate of drug-likeness (QED) is 0.776. The number of hydrogen-bond donors (Lipinski definition) is 3. The van der Waals surface area contributed by atoms with Crippen molar-refractivity contribution >= 4 is 11.4 Å². The number of hydrogen-bond acceptors (Lipinski definition) is 3. The molecule has 2 rings (SSSR count). The number of nitrogens with two attached hydrogens (primary N) is 1. The van der Waals surface area contributed by atoms with E-state index in [1.807, 2.05) is 43.5 Å². The Morgan fingerprint density at radius 1 is 1.26 bits per heavy atom. The van der Waals surface area contributed by atoms with Crippen LogP contribution in [0.1, 0.15) is 5.56 Å². The third-order valence-electron chi connectivity index (χ3n) is 3.27. The molecule has 3 nitrogen and oxygen atoms in total. The zero-order valence-electron chi connectivity index (χ0n) is 11.2. The highest BCUT2D eigenvalue weighted by molar-refractivity contribution is 5.80. The van der Waals surface area contributed by atoms with Crippen LogP contribution in [0.4, 0.5) is 5.69 Å². The summed E-state index contributed by atoms with van der Waals surface area (Å²) < 4.78 is 0. The fourth-order valence-electron chi connectivity index (χ4n) is 2.28. The van der Waals surface area contributed by atoms with E-state index in [2.05, 4.69) is 23.8 Å². The molecule has 0 spiro atoms. The molecule has 1 aromatic rings. The summed E-state index contributed by atoms with van der Waals surface area (Å²) in [5.74, 6) is 0. The summed E-state index contributed by atoms with van der Waals surface area (Å²) >= 11 is 0. The summed E-state index contributed by atoms with van der Waals surface area (Å²) in [6.45, 7) is 8.44. The van der Waals surface area contributed by atoms with E-state index >= 15 is 0 Å². The van der Waals surface area contributed by atoms with Gasteiger partial charge in [0, 0.05) is 30.4 Å². The Hall–Kier alpha value is -2.42. The van der Waals surface area contributed by atoms with Crippen LogP contribution in [0.25, 0.3) is 5.70 Å². The van der Waals surface area contributed by atoms with Gasteiger partial charge in [-0.3, -0.25) is 0 Å². The first-order chi connectivity index (χ1) is 9.22. The van der Waals surface area contributed by atoms with E-state index in [1.54, 1.807) is 0 Å². The molecule has 0 amide bonds. The van der Waals surface area contributed by atoms with Crippen LogP contribution in [0, 0.1) is 0 Å². The second-order valence-electron chi connectivity index (χ2n) is 4.28. The Kier molecular flexibility index (Phi) is 3.76. The van der Waals surface area contributed by atoms with Gasteiger partial charge in [0.2, 0.25) is 0 Å². The van der Waals surface area contributed by atoms with Crippen molar-refractivity contribution in [3.05, 3.63) is 72.0 Å². The zero-order valence-corrected chi connectivity index (χ0v) is 11.2. The number of fused-ring (bicyclic) bond motifs is 1. The van der Waals surface area contributed by atoms with Crippen LogP contribution >= 0.6 is 0 Å². The SMILES string of the molecule is C=C/C1=C(C=C)/C(NC)=C(/N)c2ccccc2NC1. The number of anilines is 1. The zero-order chi connectivity index (χ0) is 13.8. The van der Waals surface area contributed by atoms with Crippen molar-refractivity contribution in [3.8, 4) is 0 Å². The molecule has 0 atom stereocenters. The van der Waals surface area contributed by atoms with Crippen molar-refractivity contribution in [1.82, 2.24) is 5.32 Å². The number of benzene rings is 1. The minimum absolute atomic E-state index is 0.695. The molecule has 0 aromatic heterocycles. The summed E-state index contributed by atoms with van der Waals surface area (Å²) in [6, 6.07) is 8.00. The molecule has 1 aromatic carbocycles. The maximum Gasteiger partial charge on any atom is 0.0655 e. The molecule has 98 valence electrons. The minimum atomic E-state index is 0.695. The van der Waals surface area contributed by atoms with Gasteiger partial charge >= 0.3 is 0 Å². The van der Waals surface area contributed by atoms with Gasteiger partial charge in [0.25, 0.3) is 0 Å². The summed E-state index contributed by atoms with van der Waals surface area (Å²) in [5.41, 5.74) is 12.0. The summed E-state index contributed by atoms with van der Waals surface area (Å²) in [5, 5.41) is 6.56. The van der Waals surface area contributed by atoms with Gasteiger partial charge in [0.15, 0.2) is 0 Å².